The Morgan fingerprint density at radius 1 is 0.517 bits per heavy atom. The molecule has 4 unspecified atom stereocenters. The molecule has 0 aromatic rings. The normalized spacial score (nSPS) is 33.9. The summed E-state index contributed by atoms with van der Waals surface area (Å²) >= 11 is 0. The van der Waals surface area contributed by atoms with Crippen LogP contribution in [0.1, 0.15) is 100 Å². The van der Waals surface area contributed by atoms with Crippen molar-refractivity contribution in [3.8, 4) is 0 Å². The van der Waals surface area contributed by atoms with Gasteiger partial charge >= 0.3 is 0 Å². The molecule has 2 rings (SSSR count). The summed E-state index contributed by atoms with van der Waals surface area (Å²) in [5, 5.41) is 8.10. The molecular weight excluding hydrogens is 352 g/mol. The molecule has 0 radical (unpaired) electrons. The molecule has 172 valence electrons. The average molecular weight is 407 g/mol. The van der Waals surface area contributed by atoms with Crippen LogP contribution in [-0.2, 0) is 0 Å². The van der Waals surface area contributed by atoms with Crippen molar-refractivity contribution in [2.75, 3.05) is 13.1 Å². The van der Waals surface area contributed by atoms with Gasteiger partial charge in [-0.2, -0.15) is 0 Å². The van der Waals surface area contributed by atoms with E-state index in [9.17, 15) is 0 Å². The summed E-state index contributed by atoms with van der Waals surface area (Å²) in [6.07, 6.45) is 9.81. The van der Waals surface area contributed by atoms with E-state index in [0.29, 0.717) is 0 Å². The Kier molecular flexibility index (Phi) is 10.5. The highest BCUT2D eigenvalue weighted by atomic mass is 15.0. The fraction of sp³-hybridized carbons (Fsp3) is 1.00. The molecule has 2 fully saturated rings. The molecule has 0 amide bonds. The second-order valence-electron chi connectivity index (χ2n) is 11.8. The summed E-state index contributed by atoms with van der Waals surface area (Å²) < 4.78 is 0. The van der Waals surface area contributed by atoms with Crippen LogP contribution in [0.25, 0.3) is 0 Å². The van der Waals surface area contributed by atoms with Crippen molar-refractivity contribution in [2.45, 2.75) is 112 Å². The largest absolute Gasteiger partial charge is 0.313 e. The van der Waals surface area contributed by atoms with Crippen molar-refractivity contribution in [3.05, 3.63) is 0 Å². The topological polar surface area (TPSA) is 24.1 Å². The standard InChI is InChI=1S/C27H54N2/c1-18(2)22-12-9-13-23(19(3)4)26(22)28-16-11-17-29-27-24(20(5)6)14-10-15-25(27)21(7)8/h18-29H,9-17H2,1-8H3. The van der Waals surface area contributed by atoms with E-state index < -0.39 is 0 Å². The molecule has 0 aromatic carbocycles. The maximum atomic E-state index is 4.05. The molecule has 0 spiro atoms. The quantitative estimate of drug-likeness (QED) is 0.392. The molecule has 2 nitrogen and oxygen atoms in total. The van der Waals surface area contributed by atoms with Gasteiger partial charge in [0.05, 0.1) is 0 Å². The maximum absolute atomic E-state index is 4.05. The van der Waals surface area contributed by atoms with E-state index in [1.54, 1.807) is 0 Å². The molecule has 2 aliphatic rings. The lowest BCUT2D eigenvalue weighted by Gasteiger charge is -2.43. The van der Waals surface area contributed by atoms with E-state index in [1.807, 2.05) is 0 Å². The summed E-state index contributed by atoms with van der Waals surface area (Å²) in [6, 6.07) is 1.45. The molecule has 0 bridgehead atoms. The van der Waals surface area contributed by atoms with E-state index in [4.69, 9.17) is 0 Å². The van der Waals surface area contributed by atoms with Crippen molar-refractivity contribution >= 4 is 0 Å². The molecule has 2 saturated carbocycles. The van der Waals surface area contributed by atoms with E-state index in [-0.39, 0.29) is 0 Å². The van der Waals surface area contributed by atoms with Crippen LogP contribution >= 0.6 is 0 Å². The Labute approximate surface area is 183 Å². The van der Waals surface area contributed by atoms with Crippen LogP contribution in [0.4, 0.5) is 0 Å². The number of nitrogens with one attached hydrogen (secondary N) is 2. The van der Waals surface area contributed by atoms with Crippen molar-refractivity contribution in [1.82, 2.24) is 10.6 Å². The van der Waals surface area contributed by atoms with Gasteiger partial charge in [0.1, 0.15) is 0 Å². The SMILES string of the molecule is CC(C)C1CCCC(C(C)C)C1NCCCNC1C(C(C)C)CCCC1C(C)C. The Morgan fingerprint density at radius 3 is 1.03 bits per heavy atom. The lowest BCUT2D eigenvalue weighted by molar-refractivity contribution is 0.107. The van der Waals surface area contributed by atoms with Gasteiger partial charge in [0.2, 0.25) is 0 Å². The minimum Gasteiger partial charge on any atom is -0.313 e. The first-order valence-electron chi connectivity index (χ1n) is 13.2. The molecule has 2 aliphatic carbocycles. The minimum absolute atomic E-state index is 0.727. The average Bonchev–Trinajstić information content (AvgIpc) is 2.66. The second-order valence-corrected chi connectivity index (χ2v) is 11.8. The van der Waals surface area contributed by atoms with Gasteiger partial charge in [-0.15, -0.1) is 0 Å². The highest BCUT2D eigenvalue weighted by Crippen LogP contribution is 2.38. The molecular formula is C27H54N2. The smallest absolute Gasteiger partial charge is 0.0128 e. The van der Waals surface area contributed by atoms with Gasteiger partial charge < -0.3 is 10.6 Å². The summed E-state index contributed by atoms with van der Waals surface area (Å²) in [6.45, 7) is 21.8. The van der Waals surface area contributed by atoms with Crippen molar-refractivity contribution in [2.24, 2.45) is 47.3 Å². The third-order valence-corrected chi connectivity index (χ3v) is 8.53. The molecule has 0 aromatic heterocycles. The Bertz CT molecular complexity index is 370. The maximum Gasteiger partial charge on any atom is 0.0128 e. The zero-order chi connectivity index (χ0) is 21.6. The number of hydrogen-bond donors (Lipinski definition) is 2. The van der Waals surface area contributed by atoms with Gasteiger partial charge in [0.15, 0.2) is 0 Å². The van der Waals surface area contributed by atoms with E-state index >= 15 is 0 Å². The fourth-order valence-electron chi connectivity index (χ4n) is 6.76. The van der Waals surface area contributed by atoms with Gasteiger partial charge in [-0.3, -0.25) is 0 Å². The first-order chi connectivity index (χ1) is 13.7. The molecule has 0 saturated heterocycles. The Balaban J connectivity index is 1.85. The highest BCUT2D eigenvalue weighted by Gasteiger charge is 2.37. The molecule has 2 N–H and O–H groups in total. The zero-order valence-electron chi connectivity index (χ0n) is 21.1. The lowest BCUT2D eigenvalue weighted by atomic mass is 9.68. The third kappa shape index (κ3) is 6.96. The molecule has 0 heterocycles. The number of hydrogen-bond acceptors (Lipinski definition) is 2. The van der Waals surface area contributed by atoms with Crippen LogP contribution in [0.3, 0.4) is 0 Å². The van der Waals surface area contributed by atoms with Crippen molar-refractivity contribution < 1.29 is 0 Å². The van der Waals surface area contributed by atoms with Gasteiger partial charge in [0, 0.05) is 12.1 Å². The van der Waals surface area contributed by atoms with Crippen LogP contribution in [0, 0.1) is 47.3 Å². The van der Waals surface area contributed by atoms with Gasteiger partial charge in [-0.25, -0.2) is 0 Å². The molecule has 29 heavy (non-hydrogen) atoms. The summed E-state index contributed by atoms with van der Waals surface area (Å²) in [7, 11) is 0. The minimum atomic E-state index is 0.727. The lowest BCUT2D eigenvalue weighted by Crippen LogP contribution is -2.50. The summed E-state index contributed by atoms with van der Waals surface area (Å²) in [4.78, 5) is 0. The predicted molar refractivity (Wildman–Crippen MR) is 129 cm³/mol. The van der Waals surface area contributed by atoms with E-state index in [1.165, 1.54) is 58.0 Å². The van der Waals surface area contributed by atoms with Crippen LogP contribution in [0.2, 0.25) is 0 Å². The fourth-order valence-corrected chi connectivity index (χ4v) is 6.76. The monoisotopic (exact) mass is 406 g/mol. The summed E-state index contributed by atoms with van der Waals surface area (Å²) in [5.41, 5.74) is 0. The Morgan fingerprint density at radius 2 is 0.793 bits per heavy atom. The number of rotatable bonds is 10. The molecule has 2 heteroatoms. The van der Waals surface area contributed by atoms with Crippen LogP contribution < -0.4 is 10.6 Å². The van der Waals surface area contributed by atoms with Crippen LogP contribution in [-0.4, -0.2) is 25.2 Å². The first-order valence-corrected chi connectivity index (χ1v) is 13.2. The molecule has 0 aliphatic heterocycles. The van der Waals surface area contributed by atoms with Crippen LogP contribution in [0.15, 0.2) is 0 Å². The van der Waals surface area contributed by atoms with Gasteiger partial charge in [-0.05, 0) is 92.5 Å². The van der Waals surface area contributed by atoms with Gasteiger partial charge in [-0.1, -0.05) is 68.2 Å². The molecule has 4 atom stereocenters. The van der Waals surface area contributed by atoms with Crippen LogP contribution in [0.5, 0.6) is 0 Å². The predicted octanol–water partition coefficient (Wildman–Crippen LogP) is 6.75. The van der Waals surface area contributed by atoms with Crippen molar-refractivity contribution in [3.63, 3.8) is 0 Å². The first kappa shape index (κ1) is 25.2. The highest BCUT2D eigenvalue weighted by molar-refractivity contribution is 4.92. The van der Waals surface area contributed by atoms with Crippen molar-refractivity contribution in [1.29, 1.82) is 0 Å². The van der Waals surface area contributed by atoms with E-state index in [0.717, 1.165) is 59.4 Å². The van der Waals surface area contributed by atoms with E-state index in [2.05, 4.69) is 66.0 Å². The summed E-state index contributed by atoms with van der Waals surface area (Å²) in [5.74, 6) is 6.63. The Hall–Kier alpha value is -0.0800. The second kappa shape index (κ2) is 12.1. The zero-order valence-corrected chi connectivity index (χ0v) is 21.1. The van der Waals surface area contributed by atoms with Gasteiger partial charge in [0.25, 0.3) is 0 Å². The third-order valence-electron chi connectivity index (χ3n) is 8.53.